The molecule has 1 amide bonds. The average molecular weight is 353 g/mol. The fourth-order valence-corrected chi connectivity index (χ4v) is 3.09. The van der Waals surface area contributed by atoms with Crippen molar-refractivity contribution in [3.05, 3.63) is 71.3 Å². The minimum absolute atomic E-state index is 0.00269. The standard InChI is InChI=1S/C20H19NO5/c1-26-11-10-21-17(14-8-5-9-15(22)12-14)16(19(24)20(21)25)18(23)13-6-3-2-4-7-13/h2-9,12,17,22-23H,10-11H2,1H3/b18-16+. The van der Waals surface area contributed by atoms with Crippen LogP contribution in [0.5, 0.6) is 5.75 Å². The van der Waals surface area contributed by atoms with Gasteiger partial charge in [-0.2, -0.15) is 0 Å². The highest BCUT2D eigenvalue weighted by atomic mass is 16.5. The number of aliphatic hydroxyl groups excluding tert-OH is 1. The van der Waals surface area contributed by atoms with Gasteiger partial charge in [0.15, 0.2) is 0 Å². The zero-order chi connectivity index (χ0) is 18.7. The molecule has 2 aromatic carbocycles. The molecule has 0 aliphatic carbocycles. The molecule has 2 N–H and O–H groups in total. The number of benzene rings is 2. The molecule has 2 aromatic rings. The lowest BCUT2D eigenvalue weighted by molar-refractivity contribution is -0.140. The van der Waals surface area contributed by atoms with Crippen molar-refractivity contribution in [2.24, 2.45) is 0 Å². The molecule has 0 saturated carbocycles. The van der Waals surface area contributed by atoms with Crippen LogP contribution in [0.15, 0.2) is 60.2 Å². The Labute approximate surface area is 150 Å². The second kappa shape index (κ2) is 7.41. The highest BCUT2D eigenvalue weighted by molar-refractivity contribution is 6.46. The molecule has 1 unspecified atom stereocenters. The van der Waals surface area contributed by atoms with E-state index in [1.54, 1.807) is 42.5 Å². The van der Waals surface area contributed by atoms with Crippen molar-refractivity contribution in [1.82, 2.24) is 4.90 Å². The summed E-state index contributed by atoms with van der Waals surface area (Å²) in [4.78, 5) is 26.5. The number of ether oxygens (including phenoxy) is 1. The number of carbonyl (C=O) groups excluding carboxylic acids is 2. The number of carbonyl (C=O) groups is 2. The Kier molecular flexibility index (Phi) is 5.04. The maximum Gasteiger partial charge on any atom is 0.295 e. The van der Waals surface area contributed by atoms with Crippen molar-refractivity contribution in [3.63, 3.8) is 0 Å². The van der Waals surface area contributed by atoms with E-state index in [0.29, 0.717) is 11.1 Å². The fourth-order valence-electron chi connectivity index (χ4n) is 3.09. The Morgan fingerprint density at radius 2 is 1.85 bits per heavy atom. The summed E-state index contributed by atoms with van der Waals surface area (Å²) < 4.78 is 5.04. The second-order valence-corrected chi connectivity index (χ2v) is 5.95. The van der Waals surface area contributed by atoms with Gasteiger partial charge in [0.1, 0.15) is 11.5 Å². The minimum Gasteiger partial charge on any atom is -0.508 e. The number of rotatable bonds is 5. The van der Waals surface area contributed by atoms with Crippen LogP contribution in [0.4, 0.5) is 0 Å². The first kappa shape index (κ1) is 17.7. The maximum absolute atomic E-state index is 12.6. The summed E-state index contributed by atoms with van der Waals surface area (Å²) in [6.07, 6.45) is 0. The van der Waals surface area contributed by atoms with E-state index < -0.39 is 17.7 Å². The van der Waals surface area contributed by atoms with E-state index in [4.69, 9.17) is 4.74 Å². The quantitative estimate of drug-likeness (QED) is 0.490. The van der Waals surface area contributed by atoms with Gasteiger partial charge in [-0.3, -0.25) is 9.59 Å². The highest BCUT2D eigenvalue weighted by Crippen LogP contribution is 2.39. The summed E-state index contributed by atoms with van der Waals surface area (Å²) in [5, 5.41) is 20.6. The molecule has 1 fully saturated rings. The first-order chi connectivity index (χ1) is 12.5. The predicted molar refractivity (Wildman–Crippen MR) is 95.4 cm³/mol. The Bertz CT molecular complexity index is 860. The van der Waals surface area contributed by atoms with E-state index >= 15 is 0 Å². The zero-order valence-corrected chi connectivity index (χ0v) is 14.3. The van der Waals surface area contributed by atoms with Crippen molar-refractivity contribution in [2.75, 3.05) is 20.3 Å². The van der Waals surface area contributed by atoms with Crippen LogP contribution in [0.1, 0.15) is 17.2 Å². The van der Waals surface area contributed by atoms with Gasteiger partial charge in [-0.25, -0.2) is 0 Å². The normalized spacial score (nSPS) is 19.1. The van der Waals surface area contributed by atoms with Crippen molar-refractivity contribution >= 4 is 17.4 Å². The van der Waals surface area contributed by atoms with Gasteiger partial charge in [0, 0.05) is 19.2 Å². The Balaban J connectivity index is 2.16. The molecule has 1 saturated heterocycles. The molecule has 1 aliphatic rings. The van der Waals surface area contributed by atoms with Crippen LogP contribution < -0.4 is 0 Å². The average Bonchev–Trinajstić information content (AvgIpc) is 2.91. The van der Waals surface area contributed by atoms with Gasteiger partial charge in [-0.15, -0.1) is 0 Å². The number of aliphatic hydroxyl groups is 1. The fraction of sp³-hybridized carbons (Fsp3) is 0.200. The van der Waals surface area contributed by atoms with Crippen molar-refractivity contribution in [2.45, 2.75) is 6.04 Å². The number of phenolic OH excluding ortho intramolecular Hbond substituents is 1. The Hall–Kier alpha value is -3.12. The van der Waals surface area contributed by atoms with Crippen molar-refractivity contribution in [1.29, 1.82) is 0 Å². The third-order valence-corrected chi connectivity index (χ3v) is 4.31. The number of amides is 1. The first-order valence-corrected chi connectivity index (χ1v) is 8.16. The molecule has 0 spiro atoms. The topological polar surface area (TPSA) is 87.1 Å². The lowest BCUT2D eigenvalue weighted by Gasteiger charge is -2.25. The lowest BCUT2D eigenvalue weighted by atomic mass is 9.95. The summed E-state index contributed by atoms with van der Waals surface area (Å²) in [6, 6.07) is 14.1. The molecule has 3 rings (SSSR count). The number of methoxy groups -OCH3 is 1. The number of phenols is 1. The maximum atomic E-state index is 12.6. The second-order valence-electron chi connectivity index (χ2n) is 5.95. The van der Waals surface area contributed by atoms with Crippen LogP contribution in [0.3, 0.4) is 0 Å². The number of hydrogen-bond donors (Lipinski definition) is 2. The SMILES string of the molecule is COCCN1C(=O)C(=O)/C(=C(/O)c2ccccc2)C1c1cccc(O)c1. The van der Waals surface area contributed by atoms with E-state index in [1.807, 2.05) is 0 Å². The Morgan fingerprint density at radius 3 is 2.50 bits per heavy atom. The molecule has 0 bridgehead atoms. The number of nitrogens with zero attached hydrogens (tertiary/aromatic N) is 1. The van der Waals surface area contributed by atoms with Crippen LogP contribution in [0.2, 0.25) is 0 Å². The van der Waals surface area contributed by atoms with Gasteiger partial charge in [0.25, 0.3) is 11.7 Å². The van der Waals surface area contributed by atoms with Gasteiger partial charge in [0.2, 0.25) is 0 Å². The first-order valence-electron chi connectivity index (χ1n) is 8.16. The van der Waals surface area contributed by atoms with Gasteiger partial charge in [-0.05, 0) is 17.7 Å². The molecule has 6 heteroatoms. The molecule has 0 aromatic heterocycles. The number of ketones is 1. The highest BCUT2D eigenvalue weighted by Gasteiger charge is 2.45. The third kappa shape index (κ3) is 3.19. The summed E-state index contributed by atoms with van der Waals surface area (Å²) in [5.41, 5.74) is 0.989. The smallest absolute Gasteiger partial charge is 0.295 e. The molecule has 1 atom stereocenters. The number of aromatic hydroxyl groups is 1. The van der Waals surface area contributed by atoms with Gasteiger partial charge in [0.05, 0.1) is 18.2 Å². The van der Waals surface area contributed by atoms with Crippen LogP contribution in [0.25, 0.3) is 5.76 Å². The van der Waals surface area contributed by atoms with Gasteiger partial charge < -0.3 is 19.8 Å². The van der Waals surface area contributed by atoms with Crippen molar-refractivity contribution in [3.8, 4) is 5.75 Å². The summed E-state index contributed by atoms with van der Waals surface area (Å²) in [7, 11) is 1.50. The van der Waals surface area contributed by atoms with Crippen molar-refractivity contribution < 1.29 is 24.5 Å². The van der Waals surface area contributed by atoms with Crippen LogP contribution in [0, 0.1) is 0 Å². The van der Waals surface area contributed by atoms with Crippen LogP contribution >= 0.6 is 0 Å². The van der Waals surface area contributed by atoms with E-state index in [1.165, 1.54) is 24.1 Å². The van der Waals surface area contributed by atoms with Crippen LogP contribution in [-0.4, -0.2) is 47.1 Å². The van der Waals surface area contributed by atoms with Gasteiger partial charge >= 0.3 is 0 Å². The Morgan fingerprint density at radius 1 is 1.12 bits per heavy atom. The molecule has 134 valence electrons. The molecule has 1 heterocycles. The monoisotopic (exact) mass is 353 g/mol. The van der Waals surface area contributed by atoms with E-state index in [-0.39, 0.29) is 30.2 Å². The summed E-state index contributed by atoms with van der Waals surface area (Å²) in [6.45, 7) is 0.431. The number of hydrogen-bond acceptors (Lipinski definition) is 5. The van der Waals surface area contributed by atoms with Gasteiger partial charge in [-0.1, -0.05) is 42.5 Å². The zero-order valence-electron chi connectivity index (χ0n) is 14.3. The molecular weight excluding hydrogens is 334 g/mol. The predicted octanol–water partition coefficient (Wildman–Crippen LogP) is 2.46. The molecular formula is C20H19NO5. The number of likely N-dealkylation sites (tertiary alicyclic amines) is 1. The molecule has 26 heavy (non-hydrogen) atoms. The van der Waals surface area contributed by atoms with E-state index in [0.717, 1.165) is 0 Å². The van der Waals surface area contributed by atoms with E-state index in [2.05, 4.69) is 0 Å². The minimum atomic E-state index is -0.794. The summed E-state index contributed by atoms with van der Waals surface area (Å²) in [5.74, 6) is -1.68. The number of Topliss-reactive ketones (excluding diaryl/α,β-unsaturated/α-hetero) is 1. The largest absolute Gasteiger partial charge is 0.508 e. The van der Waals surface area contributed by atoms with E-state index in [9.17, 15) is 19.8 Å². The summed E-state index contributed by atoms with van der Waals surface area (Å²) >= 11 is 0. The molecule has 1 aliphatic heterocycles. The molecule has 6 nitrogen and oxygen atoms in total. The van der Waals surface area contributed by atoms with Crippen LogP contribution in [-0.2, 0) is 14.3 Å². The third-order valence-electron chi connectivity index (χ3n) is 4.31. The molecule has 0 radical (unpaired) electrons. The lowest BCUT2D eigenvalue weighted by Crippen LogP contribution is -2.32.